The zero-order valence-corrected chi connectivity index (χ0v) is 10.3. The molecule has 0 aliphatic rings. The Bertz CT molecular complexity index is 285. The lowest BCUT2D eigenvalue weighted by Crippen LogP contribution is -2.16. The van der Waals surface area contributed by atoms with E-state index < -0.39 is 0 Å². The van der Waals surface area contributed by atoms with Gasteiger partial charge < -0.3 is 4.74 Å². The fourth-order valence-electron chi connectivity index (χ4n) is 1.94. The maximum absolute atomic E-state index is 5.43. The van der Waals surface area contributed by atoms with Crippen molar-refractivity contribution in [2.45, 2.75) is 46.0 Å². The second kappa shape index (κ2) is 5.20. The summed E-state index contributed by atoms with van der Waals surface area (Å²) in [7, 11) is 0. The van der Waals surface area contributed by atoms with Crippen molar-refractivity contribution in [2.24, 2.45) is 0 Å². The van der Waals surface area contributed by atoms with Gasteiger partial charge in [0.15, 0.2) is 0 Å². The van der Waals surface area contributed by atoms with Crippen molar-refractivity contribution in [3.8, 4) is 5.75 Å². The molecule has 0 bridgehead atoms. The highest BCUT2D eigenvalue weighted by molar-refractivity contribution is 5.31. The van der Waals surface area contributed by atoms with E-state index in [0.29, 0.717) is 0 Å². The number of hydrogen-bond acceptors (Lipinski definition) is 1. The smallest absolute Gasteiger partial charge is 0.119 e. The summed E-state index contributed by atoms with van der Waals surface area (Å²) in [6.45, 7) is 9.57. The molecular weight excluding hydrogens is 184 g/mol. The third-order valence-electron chi connectivity index (χ3n) is 2.82. The van der Waals surface area contributed by atoms with E-state index >= 15 is 0 Å². The Balaban J connectivity index is 2.78. The molecule has 0 saturated carbocycles. The SMILES string of the molecule is CCCC(C)(C)c1ccc(OCC)cc1. The van der Waals surface area contributed by atoms with Crippen molar-refractivity contribution in [2.75, 3.05) is 6.61 Å². The number of hydrogen-bond donors (Lipinski definition) is 0. The Hall–Kier alpha value is -0.980. The summed E-state index contributed by atoms with van der Waals surface area (Å²) >= 11 is 0. The highest BCUT2D eigenvalue weighted by Crippen LogP contribution is 2.29. The quantitative estimate of drug-likeness (QED) is 0.702. The average Bonchev–Trinajstić information content (AvgIpc) is 2.19. The van der Waals surface area contributed by atoms with E-state index in [1.54, 1.807) is 0 Å². The average molecular weight is 206 g/mol. The van der Waals surface area contributed by atoms with Gasteiger partial charge in [-0.3, -0.25) is 0 Å². The van der Waals surface area contributed by atoms with Crippen molar-refractivity contribution >= 4 is 0 Å². The molecule has 0 N–H and O–H groups in total. The summed E-state index contributed by atoms with van der Waals surface area (Å²) in [5.74, 6) is 0.966. The van der Waals surface area contributed by atoms with E-state index in [1.165, 1.54) is 18.4 Å². The van der Waals surface area contributed by atoms with Gasteiger partial charge in [0.05, 0.1) is 6.61 Å². The molecule has 0 aromatic heterocycles. The highest BCUT2D eigenvalue weighted by Gasteiger charge is 2.18. The second-order valence-corrected chi connectivity index (χ2v) is 4.59. The highest BCUT2D eigenvalue weighted by atomic mass is 16.5. The Labute approximate surface area is 93.5 Å². The lowest BCUT2D eigenvalue weighted by atomic mass is 9.81. The summed E-state index contributed by atoms with van der Waals surface area (Å²) in [4.78, 5) is 0. The summed E-state index contributed by atoms with van der Waals surface area (Å²) in [6, 6.07) is 8.49. The molecule has 0 fully saturated rings. The van der Waals surface area contributed by atoms with Gasteiger partial charge in [0, 0.05) is 0 Å². The summed E-state index contributed by atoms with van der Waals surface area (Å²) in [5, 5.41) is 0. The molecular formula is C14H22O. The molecule has 0 aliphatic carbocycles. The molecule has 0 amide bonds. The molecule has 0 heterocycles. The van der Waals surface area contributed by atoms with Crippen molar-refractivity contribution in [1.82, 2.24) is 0 Å². The normalized spacial score (nSPS) is 11.5. The number of ether oxygens (including phenoxy) is 1. The van der Waals surface area contributed by atoms with Gasteiger partial charge in [-0.05, 0) is 36.5 Å². The van der Waals surface area contributed by atoms with Crippen LogP contribution in [-0.4, -0.2) is 6.61 Å². The van der Waals surface area contributed by atoms with Gasteiger partial charge in [0.2, 0.25) is 0 Å². The number of rotatable bonds is 5. The Morgan fingerprint density at radius 2 is 1.67 bits per heavy atom. The Kier molecular flexibility index (Phi) is 4.19. The number of benzene rings is 1. The van der Waals surface area contributed by atoms with E-state index in [9.17, 15) is 0 Å². The maximum atomic E-state index is 5.43. The van der Waals surface area contributed by atoms with E-state index in [2.05, 4.69) is 45.0 Å². The van der Waals surface area contributed by atoms with E-state index in [1.807, 2.05) is 6.92 Å². The molecule has 1 rings (SSSR count). The first-order chi connectivity index (χ1) is 7.10. The van der Waals surface area contributed by atoms with Crippen molar-refractivity contribution < 1.29 is 4.74 Å². The van der Waals surface area contributed by atoms with Gasteiger partial charge in [-0.2, -0.15) is 0 Å². The molecule has 0 unspecified atom stereocenters. The molecule has 1 aromatic carbocycles. The molecule has 1 heteroatoms. The van der Waals surface area contributed by atoms with E-state index in [4.69, 9.17) is 4.74 Å². The third-order valence-corrected chi connectivity index (χ3v) is 2.82. The topological polar surface area (TPSA) is 9.23 Å². The first kappa shape index (κ1) is 12.1. The fraction of sp³-hybridized carbons (Fsp3) is 0.571. The van der Waals surface area contributed by atoms with Gasteiger partial charge >= 0.3 is 0 Å². The molecule has 0 spiro atoms. The van der Waals surface area contributed by atoms with Gasteiger partial charge in [-0.25, -0.2) is 0 Å². The van der Waals surface area contributed by atoms with Crippen LogP contribution in [0.25, 0.3) is 0 Å². The van der Waals surface area contributed by atoms with Gasteiger partial charge in [0.25, 0.3) is 0 Å². The lowest BCUT2D eigenvalue weighted by Gasteiger charge is -2.24. The maximum Gasteiger partial charge on any atom is 0.119 e. The third kappa shape index (κ3) is 3.26. The van der Waals surface area contributed by atoms with Gasteiger partial charge in [-0.1, -0.05) is 39.3 Å². The predicted molar refractivity (Wildman–Crippen MR) is 65.5 cm³/mol. The molecule has 15 heavy (non-hydrogen) atoms. The van der Waals surface area contributed by atoms with Crippen molar-refractivity contribution in [3.63, 3.8) is 0 Å². The molecule has 0 aliphatic heterocycles. The molecule has 84 valence electrons. The van der Waals surface area contributed by atoms with Crippen LogP contribution in [-0.2, 0) is 5.41 Å². The Morgan fingerprint density at radius 3 is 2.13 bits per heavy atom. The standard InChI is InChI=1S/C14H22O/c1-5-11-14(3,4)12-7-9-13(10-8-12)15-6-2/h7-10H,5-6,11H2,1-4H3. The largest absolute Gasteiger partial charge is 0.494 e. The van der Waals surface area contributed by atoms with Gasteiger partial charge in [0.1, 0.15) is 5.75 Å². The summed E-state index contributed by atoms with van der Waals surface area (Å²) in [5.41, 5.74) is 1.67. The molecule has 1 aromatic rings. The summed E-state index contributed by atoms with van der Waals surface area (Å²) in [6.07, 6.45) is 2.45. The molecule has 0 saturated heterocycles. The second-order valence-electron chi connectivity index (χ2n) is 4.59. The van der Waals surface area contributed by atoms with Crippen LogP contribution in [0.5, 0.6) is 5.75 Å². The predicted octanol–water partition coefficient (Wildman–Crippen LogP) is 4.16. The zero-order chi connectivity index (χ0) is 11.3. The van der Waals surface area contributed by atoms with Crippen LogP contribution in [0.3, 0.4) is 0 Å². The molecule has 0 radical (unpaired) electrons. The van der Waals surface area contributed by atoms with Gasteiger partial charge in [-0.15, -0.1) is 0 Å². The minimum atomic E-state index is 0.277. The van der Waals surface area contributed by atoms with Crippen molar-refractivity contribution in [1.29, 1.82) is 0 Å². The minimum absolute atomic E-state index is 0.277. The lowest BCUT2D eigenvalue weighted by molar-refractivity contribution is 0.340. The minimum Gasteiger partial charge on any atom is -0.494 e. The van der Waals surface area contributed by atoms with Crippen LogP contribution < -0.4 is 4.74 Å². The summed E-state index contributed by atoms with van der Waals surface area (Å²) < 4.78 is 5.43. The molecule has 0 atom stereocenters. The Morgan fingerprint density at radius 1 is 1.07 bits per heavy atom. The molecule has 1 nitrogen and oxygen atoms in total. The van der Waals surface area contributed by atoms with Crippen LogP contribution in [0.2, 0.25) is 0 Å². The van der Waals surface area contributed by atoms with Crippen LogP contribution in [0.4, 0.5) is 0 Å². The van der Waals surface area contributed by atoms with Crippen LogP contribution >= 0.6 is 0 Å². The first-order valence-electron chi connectivity index (χ1n) is 5.83. The van der Waals surface area contributed by atoms with Crippen molar-refractivity contribution in [3.05, 3.63) is 29.8 Å². The van der Waals surface area contributed by atoms with Crippen LogP contribution in [0, 0.1) is 0 Å². The van der Waals surface area contributed by atoms with E-state index in [-0.39, 0.29) is 5.41 Å². The van der Waals surface area contributed by atoms with E-state index in [0.717, 1.165) is 12.4 Å². The zero-order valence-electron chi connectivity index (χ0n) is 10.3. The van der Waals surface area contributed by atoms with Crippen LogP contribution in [0.1, 0.15) is 46.1 Å². The van der Waals surface area contributed by atoms with Crippen LogP contribution in [0.15, 0.2) is 24.3 Å². The fourth-order valence-corrected chi connectivity index (χ4v) is 1.94. The monoisotopic (exact) mass is 206 g/mol. The first-order valence-corrected chi connectivity index (χ1v) is 5.83.